The first-order valence-electron chi connectivity index (χ1n) is 15.5. The van der Waals surface area contributed by atoms with Gasteiger partial charge in [-0.05, 0) is 73.6 Å². The summed E-state index contributed by atoms with van der Waals surface area (Å²) in [7, 11) is 0. The van der Waals surface area contributed by atoms with Crippen molar-refractivity contribution in [2.45, 2.75) is 71.8 Å². The molecule has 0 aromatic heterocycles. The third kappa shape index (κ3) is 8.42. The number of hydrogen-bond acceptors (Lipinski definition) is 7. The van der Waals surface area contributed by atoms with E-state index in [9.17, 15) is 19.1 Å². The Labute approximate surface area is 258 Å². The summed E-state index contributed by atoms with van der Waals surface area (Å²) in [5.41, 5.74) is 4.31. The first kappa shape index (κ1) is 32.6. The average Bonchev–Trinajstić information content (AvgIpc) is 3.02. The Morgan fingerprint density at radius 1 is 1.02 bits per heavy atom. The molecule has 1 aliphatic heterocycles. The molecule has 1 aliphatic rings. The lowest BCUT2D eigenvalue weighted by atomic mass is 9.96. The molecule has 0 bridgehead atoms. The fourth-order valence-corrected chi connectivity index (χ4v) is 5.24. The van der Waals surface area contributed by atoms with Crippen LogP contribution in [0.2, 0.25) is 0 Å². The van der Waals surface area contributed by atoms with Crippen molar-refractivity contribution in [3.8, 4) is 34.1 Å². The van der Waals surface area contributed by atoms with E-state index in [0.29, 0.717) is 62.6 Å². The number of benzene rings is 3. The molecule has 0 saturated heterocycles. The van der Waals surface area contributed by atoms with Crippen molar-refractivity contribution in [3.05, 3.63) is 71.0 Å². The lowest BCUT2D eigenvalue weighted by Crippen LogP contribution is -2.41. The van der Waals surface area contributed by atoms with Crippen molar-refractivity contribution < 1.29 is 38.0 Å². The zero-order chi connectivity index (χ0) is 31.5. The third-order valence-electron chi connectivity index (χ3n) is 7.48. The number of esters is 1. The fourth-order valence-electron chi connectivity index (χ4n) is 5.24. The number of amides is 1. The molecule has 0 radical (unpaired) electrons. The van der Waals surface area contributed by atoms with Crippen LogP contribution in [0.15, 0.2) is 48.5 Å². The number of phenols is 1. The van der Waals surface area contributed by atoms with Gasteiger partial charge >= 0.3 is 5.97 Å². The van der Waals surface area contributed by atoms with Gasteiger partial charge < -0.3 is 29.4 Å². The van der Waals surface area contributed by atoms with Crippen molar-refractivity contribution >= 4 is 11.9 Å². The minimum atomic E-state index is -0.637. The molecule has 1 heterocycles. The van der Waals surface area contributed by atoms with Gasteiger partial charge in [0.1, 0.15) is 28.8 Å². The summed E-state index contributed by atoms with van der Waals surface area (Å²) in [5, 5.41) is 13.4. The molecular weight excluding hydrogens is 565 g/mol. The van der Waals surface area contributed by atoms with Gasteiger partial charge in [-0.25, -0.2) is 4.39 Å². The van der Waals surface area contributed by atoms with Crippen LogP contribution in [-0.2, 0) is 33.6 Å². The Morgan fingerprint density at radius 3 is 2.48 bits per heavy atom. The summed E-state index contributed by atoms with van der Waals surface area (Å²) in [4.78, 5) is 24.4. The first-order chi connectivity index (χ1) is 21.3. The van der Waals surface area contributed by atoms with Gasteiger partial charge in [0.25, 0.3) is 5.91 Å². The number of rotatable bonds is 15. The number of carbonyl (C=O) groups excluding carboxylic acids is 2. The van der Waals surface area contributed by atoms with Crippen LogP contribution >= 0.6 is 0 Å². The van der Waals surface area contributed by atoms with Gasteiger partial charge in [-0.15, -0.1) is 0 Å². The minimum absolute atomic E-state index is 0.0734. The van der Waals surface area contributed by atoms with Crippen LogP contribution in [0.25, 0.3) is 11.1 Å². The van der Waals surface area contributed by atoms with Gasteiger partial charge in [0, 0.05) is 30.2 Å². The van der Waals surface area contributed by atoms with E-state index in [1.807, 2.05) is 25.1 Å². The largest absolute Gasteiger partial charge is 0.507 e. The molecule has 0 spiro atoms. The van der Waals surface area contributed by atoms with Crippen LogP contribution in [-0.4, -0.2) is 49.5 Å². The molecule has 1 amide bonds. The second-order valence-corrected chi connectivity index (χ2v) is 10.7. The summed E-state index contributed by atoms with van der Waals surface area (Å²) in [6.45, 7) is 7.16. The molecule has 3 aromatic carbocycles. The highest BCUT2D eigenvalue weighted by atomic mass is 19.1. The highest BCUT2D eigenvalue weighted by Crippen LogP contribution is 2.39. The topological polar surface area (TPSA) is 103 Å². The summed E-state index contributed by atoms with van der Waals surface area (Å²) >= 11 is 0. The molecule has 1 atom stereocenters. The van der Waals surface area contributed by atoms with E-state index >= 15 is 0 Å². The molecule has 0 saturated carbocycles. The van der Waals surface area contributed by atoms with Crippen LogP contribution in [0.1, 0.15) is 63.1 Å². The molecular formula is C35H42FNO7. The molecule has 0 aliphatic carbocycles. The third-order valence-corrected chi connectivity index (χ3v) is 7.48. The SMILES string of the molecule is CCCc1c(OCCCOc2cc(O)c(-c3ccc(F)cc3)cc2CC)ccc2c1OC(C(=O)NCCC(=O)OCC)CC2. The van der Waals surface area contributed by atoms with Gasteiger partial charge in [-0.2, -0.15) is 0 Å². The van der Waals surface area contributed by atoms with E-state index < -0.39 is 6.10 Å². The van der Waals surface area contributed by atoms with E-state index in [2.05, 4.69) is 12.2 Å². The van der Waals surface area contributed by atoms with Gasteiger partial charge in [0.2, 0.25) is 0 Å². The number of halogens is 1. The Balaban J connectivity index is 1.34. The second-order valence-electron chi connectivity index (χ2n) is 10.7. The zero-order valence-corrected chi connectivity index (χ0v) is 25.7. The molecule has 0 fully saturated rings. The van der Waals surface area contributed by atoms with Crippen molar-refractivity contribution in [2.75, 3.05) is 26.4 Å². The van der Waals surface area contributed by atoms with Crippen LogP contribution in [0, 0.1) is 5.82 Å². The molecule has 3 aromatic rings. The number of phenolic OH excluding ortho intramolecular Hbond substituents is 1. The van der Waals surface area contributed by atoms with E-state index in [-0.39, 0.29) is 36.4 Å². The van der Waals surface area contributed by atoms with Crippen molar-refractivity contribution in [1.29, 1.82) is 0 Å². The molecule has 9 heteroatoms. The van der Waals surface area contributed by atoms with E-state index in [4.69, 9.17) is 18.9 Å². The van der Waals surface area contributed by atoms with E-state index in [1.165, 1.54) is 12.1 Å². The normalized spacial score (nSPS) is 13.9. The summed E-state index contributed by atoms with van der Waals surface area (Å²) < 4.78 is 36.7. The van der Waals surface area contributed by atoms with Crippen LogP contribution in [0.5, 0.6) is 23.0 Å². The minimum Gasteiger partial charge on any atom is -0.507 e. The van der Waals surface area contributed by atoms with Crippen molar-refractivity contribution in [3.63, 3.8) is 0 Å². The van der Waals surface area contributed by atoms with Crippen LogP contribution in [0.4, 0.5) is 4.39 Å². The predicted octanol–water partition coefficient (Wildman–Crippen LogP) is 6.32. The average molecular weight is 608 g/mol. The van der Waals surface area contributed by atoms with Gasteiger partial charge in [0.15, 0.2) is 6.10 Å². The Morgan fingerprint density at radius 2 is 1.77 bits per heavy atom. The van der Waals surface area contributed by atoms with Crippen LogP contribution < -0.4 is 19.5 Å². The molecule has 4 rings (SSSR count). The van der Waals surface area contributed by atoms with Gasteiger partial charge in [0.05, 0.1) is 26.2 Å². The number of aromatic hydroxyl groups is 1. The van der Waals surface area contributed by atoms with Gasteiger partial charge in [-0.1, -0.05) is 38.5 Å². The Hall–Kier alpha value is -4.27. The number of aryl methyl sites for hydroxylation is 2. The number of ether oxygens (including phenoxy) is 4. The Kier molecular flexibility index (Phi) is 11.9. The van der Waals surface area contributed by atoms with Crippen LogP contribution in [0.3, 0.4) is 0 Å². The monoisotopic (exact) mass is 607 g/mol. The number of fused-ring (bicyclic) bond motifs is 1. The summed E-state index contributed by atoms with van der Waals surface area (Å²) in [6, 6.07) is 13.5. The zero-order valence-electron chi connectivity index (χ0n) is 25.7. The number of hydrogen-bond donors (Lipinski definition) is 2. The standard InChI is InChI=1S/C35H42FNO7/c1-4-8-27-30(15-11-25-12-16-31(44-34(25)27)35(40)37-18-17-33(39)41-6-3)42-19-7-20-43-32-22-29(38)28(21-23(32)5-2)24-9-13-26(36)14-10-24/h9-11,13-15,21-22,31,38H,4-8,12,16-20H2,1-3H3,(H,37,40). The number of carbonyl (C=O) groups is 2. The molecule has 8 nitrogen and oxygen atoms in total. The summed E-state index contributed by atoms with van der Waals surface area (Å²) in [5.74, 6) is 1.21. The molecule has 1 unspecified atom stereocenters. The highest BCUT2D eigenvalue weighted by molar-refractivity contribution is 5.82. The van der Waals surface area contributed by atoms with E-state index in [0.717, 1.165) is 40.8 Å². The maximum absolute atomic E-state index is 13.4. The second kappa shape index (κ2) is 16.0. The van der Waals surface area contributed by atoms with E-state index in [1.54, 1.807) is 25.1 Å². The quantitative estimate of drug-likeness (QED) is 0.154. The van der Waals surface area contributed by atoms with Gasteiger partial charge in [-0.3, -0.25) is 9.59 Å². The molecule has 236 valence electrons. The highest BCUT2D eigenvalue weighted by Gasteiger charge is 2.29. The molecule has 2 N–H and O–H groups in total. The fraction of sp³-hybridized carbons (Fsp3) is 0.429. The number of nitrogens with one attached hydrogen (secondary N) is 1. The van der Waals surface area contributed by atoms with Crippen molar-refractivity contribution in [2.24, 2.45) is 0 Å². The Bertz CT molecular complexity index is 1420. The summed E-state index contributed by atoms with van der Waals surface area (Å²) in [6.07, 6.45) is 3.69. The first-order valence-corrected chi connectivity index (χ1v) is 15.5. The lowest BCUT2D eigenvalue weighted by Gasteiger charge is -2.28. The lowest BCUT2D eigenvalue weighted by molar-refractivity contribution is -0.143. The smallest absolute Gasteiger partial charge is 0.307 e. The maximum atomic E-state index is 13.4. The molecule has 44 heavy (non-hydrogen) atoms. The predicted molar refractivity (Wildman–Crippen MR) is 166 cm³/mol. The van der Waals surface area contributed by atoms with Crippen molar-refractivity contribution in [1.82, 2.24) is 5.32 Å². The maximum Gasteiger partial charge on any atom is 0.307 e.